The molecule has 3 aliphatic rings. The lowest BCUT2D eigenvalue weighted by Crippen LogP contribution is -2.54. The van der Waals surface area contributed by atoms with Gasteiger partial charge in [-0.1, -0.05) is 37.5 Å². The maximum Gasteiger partial charge on any atom is 0.266 e. The summed E-state index contributed by atoms with van der Waals surface area (Å²) in [7, 11) is -3.41. The first-order valence-electron chi connectivity index (χ1n) is 19.5. The van der Waals surface area contributed by atoms with E-state index in [0.29, 0.717) is 29.9 Å². The van der Waals surface area contributed by atoms with Crippen molar-refractivity contribution in [3.63, 3.8) is 0 Å². The number of amides is 4. The fourth-order valence-corrected chi connectivity index (χ4v) is 8.55. The van der Waals surface area contributed by atoms with Crippen molar-refractivity contribution >= 4 is 62.2 Å². The molecular weight excluding hydrogens is 761 g/mol. The molecule has 16 heteroatoms. The first kappa shape index (κ1) is 38.6. The molecule has 58 heavy (non-hydrogen) atoms. The van der Waals surface area contributed by atoms with E-state index in [1.807, 2.05) is 30.3 Å². The van der Waals surface area contributed by atoms with Crippen molar-refractivity contribution in [3.8, 4) is 17.0 Å². The molecule has 5 heterocycles. The van der Waals surface area contributed by atoms with E-state index in [0.717, 1.165) is 85.2 Å². The molecule has 8 rings (SSSR count). The molecule has 3 N–H and O–H groups in total. The van der Waals surface area contributed by atoms with Crippen molar-refractivity contribution in [3.05, 3.63) is 96.2 Å². The van der Waals surface area contributed by atoms with E-state index >= 15 is 0 Å². The molecule has 2 saturated heterocycles. The highest BCUT2D eigenvalue weighted by Gasteiger charge is 2.46. The average molecular weight is 805 g/mol. The number of piperidine rings is 2. The van der Waals surface area contributed by atoms with Crippen LogP contribution in [0.15, 0.2) is 85.1 Å². The second-order valence-electron chi connectivity index (χ2n) is 15.0. The summed E-state index contributed by atoms with van der Waals surface area (Å²) in [5.74, 6) is -0.715. The smallest absolute Gasteiger partial charge is 0.266 e. The Morgan fingerprint density at radius 1 is 0.862 bits per heavy atom. The van der Waals surface area contributed by atoms with Gasteiger partial charge < -0.3 is 15.0 Å². The van der Waals surface area contributed by atoms with Crippen LogP contribution in [0, 0.1) is 5.92 Å². The standard InChI is InChI=1S/C42H44N8O7S/c1-58(55,56)47-30-9-5-8-28(25-30)34-17-16-32-26-43-42(46-50(32)34)44-29-12-14-31(15-13-29)48-22-20-27(21-23-48)7-3-2-4-24-57-36-11-6-10-33-38(36)41(54)49(40(33)53)35-18-19-37(51)45-39(35)52/h5-6,8-17,25-27,35,47H,2-4,7,18-24H2,1H3,(H,44,46)(H,45,51,52). The quantitative estimate of drug-likeness (QED) is 0.0915. The molecule has 1 atom stereocenters. The summed E-state index contributed by atoms with van der Waals surface area (Å²) in [5.41, 5.74) is 5.32. The normalized spacial score (nSPS) is 17.4. The van der Waals surface area contributed by atoms with E-state index in [-0.39, 0.29) is 24.0 Å². The summed E-state index contributed by atoms with van der Waals surface area (Å²) in [6, 6.07) is 23.2. The van der Waals surface area contributed by atoms with E-state index in [1.54, 1.807) is 47.1 Å². The predicted octanol–water partition coefficient (Wildman–Crippen LogP) is 5.77. The van der Waals surface area contributed by atoms with Gasteiger partial charge in [0.1, 0.15) is 11.8 Å². The number of benzene rings is 3. The topological polar surface area (TPSA) is 184 Å². The fraction of sp³-hybridized carbons (Fsp3) is 0.333. The van der Waals surface area contributed by atoms with Gasteiger partial charge in [-0.25, -0.2) is 17.9 Å². The van der Waals surface area contributed by atoms with Gasteiger partial charge in [0.05, 0.1) is 41.4 Å². The van der Waals surface area contributed by atoms with Crippen molar-refractivity contribution in [2.24, 2.45) is 5.92 Å². The van der Waals surface area contributed by atoms with E-state index in [1.165, 1.54) is 5.69 Å². The number of fused-ring (bicyclic) bond motifs is 2. The van der Waals surface area contributed by atoms with Crippen LogP contribution in [0.3, 0.4) is 0 Å². The highest BCUT2D eigenvalue weighted by molar-refractivity contribution is 7.92. The second kappa shape index (κ2) is 16.3. The summed E-state index contributed by atoms with van der Waals surface area (Å²) < 4.78 is 33.8. The van der Waals surface area contributed by atoms with Gasteiger partial charge in [0.2, 0.25) is 27.8 Å². The number of carbonyl (C=O) groups is 4. The van der Waals surface area contributed by atoms with Gasteiger partial charge in [-0.15, -0.1) is 5.10 Å². The van der Waals surface area contributed by atoms with E-state index in [4.69, 9.17) is 9.84 Å². The highest BCUT2D eigenvalue weighted by Crippen LogP contribution is 2.34. The summed E-state index contributed by atoms with van der Waals surface area (Å²) in [5, 5.41) is 10.2. The Morgan fingerprint density at radius 2 is 1.66 bits per heavy atom. The Labute approximate surface area is 335 Å². The number of unbranched alkanes of at least 4 members (excludes halogenated alkanes) is 2. The van der Waals surface area contributed by atoms with Gasteiger partial charge in [-0.3, -0.25) is 34.1 Å². The van der Waals surface area contributed by atoms with Gasteiger partial charge in [-0.2, -0.15) is 0 Å². The maximum atomic E-state index is 13.3. The zero-order chi connectivity index (χ0) is 40.4. The number of rotatable bonds is 14. The van der Waals surface area contributed by atoms with Crippen LogP contribution in [-0.2, 0) is 19.6 Å². The third-order valence-electron chi connectivity index (χ3n) is 10.9. The zero-order valence-corrected chi connectivity index (χ0v) is 32.8. The minimum absolute atomic E-state index is 0.0717. The number of hydrogen-bond donors (Lipinski definition) is 3. The number of aromatic nitrogens is 3. The maximum absolute atomic E-state index is 13.3. The van der Waals surface area contributed by atoms with Crippen LogP contribution in [0.5, 0.6) is 5.75 Å². The van der Waals surface area contributed by atoms with Crippen molar-refractivity contribution in [1.29, 1.82) is 0 Å². The highest BCUT2D eigenvalue weighted by atomic mass is 32.2. The monoisotopic (exact) mass is 804 g/mol. The van der Waals surface area contributed by atoms with Gasteiger partial charge >= 0.3 is 0 Å². The molecule has 0 spiro atoms. The third-order valence-corrected chi connectivity index (χ3v) is 11.5. The van der Waals surface area contributed by atoms with Crippen LogP contribution >= 0.6 is 0 Å². The third kappa shape index (κ3) is 8.37. The second-order valence-corrected chi connectivity index (χ2v) is 16.8. The van der Waals surface area contributed by atoms with Crippen LogP contribution in [0.25, 0.3) is 16.8 Å². The summed E-state index contributed by atoms with van der Waals surface area (Å²) >= 11 is 0. The Morgan fingerprint density at radius 3 is 2.43 bits per heavy atom. The number of nitrogens with one attached hydrogen (secondary N) is 3. The van der Waals surface area contributed by atoms with Gasteiger partial charge in [0, 0.05) is 42.1 Å². The van der Waals surface area contributed by atoms with E-state index < -0.39 is 39.7 Å². The van der Waals surface area contributed by atoms with Crippen LogP contribution in [0.1, 0.15) is 72.1 Å². The number of hydrogen-bond acceptors (Lipinski definition) is 11. The first-order chi connectivity index (χ1) is 28.0. The van der Waals surface area contributed by atoms with Crippen LogP contribution in [-0.4, -0.2) is 83.5 Å². The number of nitrogens with zero attached hydrogens (tertiary/aromatic N) is 5. The van der Waals surface area contributed by atoms with Crippen molar-refractivity contribution < 1.29 is 32.3 Å². The Hall–Kier alpha value is -6.29. The lowest BCUT2D eigenvalue weighted by Gasteiger charge is -2.33. The number of imide groups is 2. The zero-order valence-electron chi connectivity index (χ0n) is 32.0. The number of ether oxygens (including phenoxy) is 1. The first-order valence-corrected chi connectivity index (χ1v) is 21.4. The van der Waals surface area contributed by atoms with Gasteiger partial charge in [-0.05, 0) is 92.3 Å². The molecule has 15 nitrogen and oxygen atoms in total. The molecule has 1 unspecified atom stereocenters. The number of sulfonamides is 1. The average Bonchev–Trinajstić information content (AvgIpc) is 3.74. The number of carbonyl (C=O) groups excluding carboxylic acids is 4. The molecule has 0 bridgehead atoms. The summed E-state index contributed by atoms with van der Waals surface area (Å²) in [6.07, 6.45) is 9.30. The van der Waals surface area contributed by atoms with Gasteiger partial charge in [0.25, 0.3) is 11.8 Å². The molecule has 0 radical (unpaired) electrons. The molecule has 300 valence electrons. The largest absolute Gasteiger partial charge is 0.493 e. The SMILES string of the molecule is CS(=O)(=O)Nc1cccc(-c2ccc3cnc(Nc4ccc(N5CCC(CCCCCOc6cccc7c6C(=O)N(C6CCC(=O)NC6=O)C7=O)CC5)cc4)nn23)c1. The molecule has 0 saturated carbocycles. The lowest BCUT2D eigenvalue weighted by atomic mass is 9.91. The summed E-state index contributed by atoms with van der Waals surface area (Å²) in [6.45, 7) is 2.38. The minimum Gasteiger partial charge on any atom is -0.493 e. The minimum atomic E-state index is -3.41. The van der Waals surface area contributed by atoms with Crippen LogP contribution in [0.2, 0.25) is 0 Å². The van der Waals surface area contributed by atoms with Crippen LogP contribution in [0.4, 0.5) is 23.0 Å². The molecule has 0 aliphatic carbocycles. The molecule has 3 aromatic carbocycles. The molecule has 2 fully saturated rings. The van der Waals surface area contributed by atoms with Crippen molar-refractivity contribution in [1.82, 2.24) is 24.8 Å². The van der Waals surface area contributed by atoms with Crippen molar-refractivity contribution in [2.45, 2.75) is 57.4 Å². The fourth-order valence-electron chi connectivity index (χ4n) is 8.00. The predicted molar refractivity (Wildman–Crippen MR) is 219 cm³/mol. The molecule has 5 aromatic rings. The van der Waals surface area contributed by atoms with E-state index in [2.05, 4.69) is 37.4 Å². The van der Waals surface area contributed by atoms with Crippen molar-refractivity contribution in [2.75, 3.05) is 40.9 Å². The molecular formula is C42H44N8O7S. The molecule has 3 aliphatic heterocycles. The Balaban J connectivity index is 0.776. The Bertz CT molecular complexity index is 2500. The molecule has 4 amide bonds. The van der Waals surface area contributed by atoms with Crippen LogP contribution < -0.4 is 25.0 Å². The van der Waals surface area contributed by atoms with Gasteiger partial charge in [0.15, 0.2) is 0 Å². The summed E-state index contributed by atoms with van der Waals surface area (Å²) in [4.78, 5) is 58.3. The Kier molecular flexibility index (Phi) is 10.8. The molecule has 2 aromatic heterocycles. The lowest BCUT2D eigenvalue weighted by molar-refractivity contribution is -0.136. The van der Waals surface area contributed by atoms with E-state index in [9.17, 15) is 27.6 Å². The number of anilines is 4.